The molecule has 21 heavy (non-hydrogen) atoms. The van der Waals surface area contributed by atoms with E-state index in [4.69, 9.17) is 6.42 Å². The summed E-state index contributed by atoms with van der Waals surface area (Å²) in [4.78, 5) is -0.574. The van der Waals surface area contributed by atoms with Crippen LogP contribution in [-0.2, 0) is 16.6 Å². The summed E-state index contributed by atoms with van der Waals surface area (Å²) >= 11 is 0. The fraction of sp³-hybridized carbons (Fsp3) is 0.429. The van der Waals surface area contributed by atoms with E-state index in [0.717, 1.165) is 22.9 Å². The number of benzene rings is 1. The predicted octanol–water partition coefficient (Wildman–Crippen LogP) is 1.72. The molecule has 0 bridgehead atoms. The Morgan fingerprint density at radius 1 is 1.38 bits per heavy atom. The first-order valence-corrected chi connectivity index (χ1v) is 7.87. The molecule has 0 aliphatic rings. The van der Waals surface area contributed by atoms with Gasteiger partial charge in [0.15, 0.2) is 5.82 Å². The molecule has 4 nitrogen and oxygen atoms in total. The molecule has 0 aliphatic carbocycles. The Labute approximate surface area is 124 Å². The summed E-state index contributed by atoms with van der Waals surface area (Å²) in [5.41, 5.74) is -0.293. The first-order chi connectivity index (χ1) is 9.86. The highest BCUT2D eigenvalue weighted by molar-refractivity contribution is 7.89. The summed E-state index contributed by atoms with van der Waals surface area (Å²) in [6.07, 6.45) is 5.86. The van der Waals surface area contributed by atoms with Crippen LogP contribution < -0.4 is 5.32 Å². The van der Waals surface area contributed by atoms with Gasteiger partial charge in [-0.2, -0.15) is 4.31 Å². The molecule has 0 amide bonds. The van der Waals surface area contributed by atoms with Crippen molar-refractivity contribution >= 4 is 10.0 Å². The molecule has 0 unspecified atom stereocenters. The predicted molar refractivity (Wildman–Crippen MR) is 77.0 cm³/mol. The monoisotopic (exact) mass is 316 g/mol. The van der Waals surface area contributed by atoms with Gasteiger partial charge in [-0.05, 0) is 25.1 Å². The van der Waals surface area contributed by atoms with Crippen molar-refractivity contribution in [2.45, 2.75) is 24.8 Å². The third-order valence-corrected chi connectivity index (χ3v) is 4.70. The molecular formula is C14H18F2N2O2S. The Morgan fingerprint density at radius 2 is 2.05 bits per heavy atom. The maximum atomic E-state index is 14.3. The van der Waals surface area contributed by atoms with Gasteiger partial charge in [-0.25, -0.2) is 17.2 Å². The van der Waals surface area contributed by atoms with Gasteiger partial charge in [0.25, 0.3) is 0 Å². The van der Waals surface area contributed by atoms with Crippen molar-refractivity contribution in [3.63, 3.8) is 0 Å². The summed E-state index contributed by atoms with van der Waals surface area (Å²) < 4.78 is 53.2. The van der Waals surface area contributed by atoms with Gasteiger partial charge >= 0.3 is 0 Å². The number of terminal acetylenes is 1. The highest BCUT2D eigenvalue weighted by atomic mass is 32.2. The van der Waals surface area contributed by atoms with Gasteiger partial charge in [0.05, 0.1) is 6.54 Å². The molecule has 0 spiro atoms. The molecular weight excluding hydrogens is 298 g/mol. The maximum absolute atomic E-state index is 14.3. The standard InChI is InChI=1S/C14H18F2N2O2S/c1-4-8-17-10-11-12(15)6-7-13(14(11)16)21(19,20)18(3)9-5-2/h2,6-7,17H,4,8-10H2,1,3H3. The van der Waals surface area contributed by atoms with Crippen LogP contribution in [0, 0.1) is 24.0 Å². The van der Waals surface area contributed by atoms with Crippen LogP contribution in [0.5, 0.6) is 0 Å². The highest BCUT2D eigenvalue weighted by Gasteiger charge is 2.26. The molecule has 0 fully saturated rings. The summed E-state index contributed by atoms with van der Waals surface area (Å²) in [6.45, 7) is 2.22. The van der Waals surface area contributed by atoms with Gasteiger partial charge in [0.2, 0.25) is 10.0 Å². The third-order valence-electron chi connectivity index (χ3n) is 2.88. The Hall–Kier alpha value is -1.49. The summed E-state index contributed by atoms with van der Waals surface area (Å²) in [7, 11) is -2.84. The molecule has 0 saturated carbocycles. The SMILES string of the molecule is C#CCN(C)S(=O)(=O)c1ccc(F)c(CNCCC)c1F. The molecule has 0 radical (unpaired) electrons. The number of hydrogen-bond donors (Lipinski definition) is 1. The van der Waals surface area contributed by atoms with E-state index in [1.807, 2.05) is 6.92 Å². The van der Waals surface area contributed by atoms with Crippen LogP contribution in [0.2, 0.25) is 0 Å². The number of sulfonamides is 1. The Kier molecular flexibility index (Phi) is 6.27. The van der Waals surface area contributed by atoms with Crippen molar-refractivity contribution in [1.82, 2.24) is 9.62 Å². The Morgan fingerprint density at radius 3 is 2.62 bits per heavy atom. The highest BCUT2D eigenvalue weighted by Crippen LogP contribution is 2.23. The lowest BCUT2D eigenvalue weighted by Crippen LogP contribution is -2.28. The Bertz CT molecular complexity index is 639. The molecule has 1 rings (SSSR count). The van der Waals surface area contributed by atoms with Crippen LogP contribution >= 0.6 is 0 Å². The second-order valence-corrected chi connectivity index (χ2v) is 6.49. The van der Waals surface area contributed by atoms with Gasteiger partial charge in [-0.15, -0.1) is 6.42 Å². The largest absolute Gasteiger partial charge is 0.312 e. The van der Waals surface area contributed by atoms with E-state index in [1.54, 1.807) is 0 Å². The number of nitrogens with zero attached hydrogens (tertiary/aromatic N) is 1. The second kappa shape index (κ2) is 7.50. The van der Waals surface area contributed by atoms with Crippen LogP contribution in [-0.4, -0.2) is 32.9 Å². The molecule has 0 saturated heterocycles. The van der Waals surface area contributed by atoms with Crippen LogP contribution in [0.25, 0.3) is 0 Å². The maximum Gasteiger partial charge on any atom is 0.246 e. The van der Waals surface area contributed by atoms with Gasteiger partial charge in [-0.1, -0.05) is 12.8 Å². The van der Waals surface area contributed by atoms with Gasteiger partial charge < -0.3 is 5.32 Å². The van der Waals surface area contributed by atoms with Crippen molar-refractivity contribution in [2.75, 3.05) is 20.1 Å². The minimum absolute atomic E-state index is 0.0757. The minimum Gasteiger partial charge on any atom is -0.312 e. The third kappa shape index (κ3) is 4.00. The van der Waals surface area contributed by atoms with Crippen molar-refractivity contribution in [2.24, 2.45) is 0 Å². The zero-order valence-corrected chi connectivity index (χ0v) is 12.8. The van der Waals surface area contributed by atoms with E-state index in [0.29, 0.717) is 6.54 Å². The molecule has 1 N–H and O–H groups in total. The molecule has 0 heterocycles. The van der Waals surface area contributed by atoms with E-state index in [2.05, 4.69) is 11.2 Å². The number of rotatable bonds is 7. The van der Waals surface area contributed by atoms with Gasteiger partial charge in [0, 0.05) is 19.2 Å². The average Bonchev–Trinajstić information content (AvgIpc) is 2.42. The lowest BCUT2D eigenvalue weighted by molar-refractivity contribution is 0.481. The normalized spacial score (nSPS) is 11.6. The van der Waals surface area contributed by atoms with Crippen molar-refractivity contribution in [3.8, 4) is 12.3 Å². The average molecular weight is 316 g/mol. The number of nitrogens with one attached hydrogen (secondary N) is 1. The van der Waals surface area contributed by atoms with Gasteiger partial charge in [-0.3, -0.25) is 0 Å². The first kappa shape index (κ1) is 17.6. The van der Waals surface area contributed by atoms with E-state index >= 15 is 0 Å². The molecule has 7 heteroatoms. The van der Waals surface area contributed by atoms with Crippen molar-refractivity contribution in [1.29, 1.82) is 0 Å². The molecule has 0 aromatic heterocycles. The lowest BCUT2D eigenvalue weighted by Gasteiger charge is -2.16. The van der Waals surface area contributed by atoms with E-state index in [1.165, 1.54) is 7.05 Å². The van der Waals surface area contributed by atoms with Crippen LogP contribution in [0.3, 0.4) is 0 Å². The van der Waals surface area contributed by atoms with Crippen LogP contribution in [0.15, 0.2) is 17.0 Å². The van der Waals surface area contributed by atoms with Crippen LogP contribution in [0.1, 0.15) is 18.9 Å². The number of halogens is 2. The summed E-state index contributed by atoms with van der Waals surface area (Å²) in [5.74, 6) is 0.305. The molecule has 1 aromatic rings. The topological polar surface area (TPSA) is 49.4 Å². The first-order valence-electron chi connectivity index (χ1n) is 6.43. The van der Waals surface area contributed by atoms with E-state index in [9.17, 15) is 17.2 Å². The summed E-state index contributed by atoms with van der Waals surface area (Å²) in [5, 5.41) is 2.85. The van der Waals surface area contributed by atoms with Crippen molar-refractivity contribution in [3.05, 3.63) is 29.3 Å². The minimum atomic E-state index is -4.08. The quantitative estimate of drug-likeness (QED) is 0.615. The fourth-order valence-electron chi connectivity index (χ4n) is 1.71. The van der Waals surface area contributed by atoms with Crippen LogP contribution in [0.4, 0.5) is 8.78 Å². The molecule has 116 valence electrons. The second-order valence-electron chi connectivity index (χ2n) is 4.48. The zero-order valence-electron chi connectivity index (χ0n) is 12.0. The summed E-state index contributed by atoms with van der Waals surface area (Å²) in [6, 6.07) is 1.86. The molecule has 1 aromatic carbocycles. The number of hydrogen-bond acceptors (Lipinski definition) is 3. The zero-order chi connectivity index (χ0) is 16.0. The van der Waals surface area contributed by atoms with E-state index < -0.39 is 26.6 Å². The molecule has 0 atom stereocenters. The molecule has 0 aliphatic heterocycles. The van der Waals surface area contributed by atoms with Gasteiger partial charge in [0.1, 0.15) is 10.7 Å². The fourth-order valence-corrected chi connectivity index (χ4v) is 2.88. The smallest absolute Gasteiger partial charge is 0.246 e. The van der Waals surface area contributed by atoms with Crippen molar-refractivity contribution < 1.29 is 17.2 Å². The van der Waals surface area contributed by atoms with E-state index in [-0.39, 0.29) is 18.7 Å². The lowest BCUT2D eigenvalue weighted by atomic mass is 10.2. The Balaban J connectivity index is 3.21.